The average Bonchev–Trinajstić information content (AvgIpc) is 2.72. The third-order valence-electron chi connectivity index (χ3n) is 3.72. The molecule has 0 aromatic rings. The van der Waals surface area contributed by atoms with Gasteiger partial charge < -0.3 is 15.4 Å². The minimum Gasteiger partial charge on any atom is -0.462 e. The molecule has 0 aromatic heterocycles. The summed E-state index contributed by atoms with van der Waals surface area (Å²) < 4.78 is 18.5. The highest BCUT2D eigenvalue weighted by Crippen LogP contribution is 2.29. The van der Waals surface area contributed by atoms with Crippen molar-refractivity contribution in [3.63, 3.8) is 0 Å². The molecule has 0 unspecified atom stereocenters. The van der Waals surface area contributed by atoms with E-state index < -0.39 is 36.3 Å². The number of halogens is 1. The van der Waals surface area contributed by atoms with Crippen molar-refractivity contribution in [2.75, 3.05) is 13.2 Å². The van der Waals surface area contributed by atoms with E-state index in [1.54, 1.807) is 13.0 Å². The summed E-state index contributed by atoms with van der Waals surface area (Å²) in [6.07, 6.45) is 0.605. The zero-order chi connectivity index (χ0) is 17.1. The monoisotopic (exact) mass is 329 g/mol. The molecule has 2 rings (SSSR count). The number of hydroxylamine groups is 2. The fourth-order valence-electron chi connectivity index (χ4n) is 2.63. The van der Waals surface area contributed by atoms with Gasteiger partial charge in [-0.25, -0.2) is 18.8 Å². The first-order valence-electron chi connectivity index (χ1n) is 7.41. The van der Waals surface area contributed by atoms with Gasteiger partial charge in [0.1, 0.15) is 6.04 Å². The molecule has 0 spiro atoms. The Morgan fingerprint density at radius 1 is 1.52 bits per heavy atom. The molecule has 2 aliphatic rings. The molecule has 2 N–H and O–H groups in total. The van der Waals surface area contributed by atoms with Gasteiger partial charge in [0, 0.05) is 0 Å². The summed E-state index contributed by atoms with van der Waals surface area (Å²) >= 11 is 0. The van der Waals surface area contributed by atoms with Crippen molar-refractivity contribution >= 4 is 17.9 Å². The Bertz CT molecular complexity index is 539. The minimum absolute atomic E-state index is 0.0887. The van der Waals surface area contributed by atoms with Crippen molar-refractivity contribution in [1.29, 1.82) is 0 Å². The second-order valence-electron chi connectivity index (χ2n) is 5.49. The van der Waals surface area contributed by atoms with Crippen LogP contribution in [0.3, 0.4) is 0 Å². The highest BCUT2D eigenvalue weighted by atomic mass is 19.1. The van der Waals surface area contributed by atoms with Gasteiger partial charge in [0.2, 0.25) is 5.91 Å². The number of carbonyl (C=O) groups is 3. The van der Waals surface area contributed by atoms with Crippen molar-refractivity contribution < 1.29 is 28.3 Å². The zero-order valence-corrected chi connectivity index (χ0v) is 13.0. The van der Waals surface area contributed by atoms with Crippen molar-refractivity contribution in [2.45, 2.75) is 45.1 Å². The van der Waals surface area contributed by atoms with Crippen LogP contribution in [0.1, 0.15) is 26.7 Å². The van der Waals surface area contributed by atoms with E-state index in [-0.39, 0.29) is 13.2 Å². The van der Waals surface area contributed by atoms with Crippen molar-refractivity contribution in [2.24, 2.45) is 5.73 Å². The van der Waals surface area contributed by atoms with E-state index in [1.807, 2.05) is 6.92 Å². The Labute approximate surface area is 132 Å². The third kappa shape index (κ3) is 3.44. The molecule has 0 saturated carbocycles. The minimum atomic E-state index is -2.41. The summed E-state index contributed by atoms with van der Waals surface area (Å²) in [7, 11) is 0. The molecule has 1 saturated heterocycles. The molecule has 1 fully saturated rings. The van der Waals surface area contributed by atoms with Crippen LogP contribution in [-0.4, -0.2) is 59.5 Å². The predicted molar refractivity (Wildman–Crippen MR) is 76.3 cm³/mol. The molecular formula is C14H20FN3O5. The molecule has 3 atom stereocenters. The second-order valence-corrected chi connectivity index (χ2v) is 5.49. The van der Waals surface area contributed by atoms with Crippen LogP contribution >= 0.6 is 0 Å². The number of nitrogens with zero attached hydrogens (tertiary/aromatic N) is 2. The maximum absolute atomic E-state index is 13.8. The zero-order valence-electron chi connectivity index (χ0n) is 13.0. The number of ether oxygens (including phenoxy) is 1. The lowest BCUT2D eigenvalue weighted by Crippen LogP contribution is -2.48. The Morgan fingerprint density at radius 3 is 2.83 bits per heavy atom. The average molecular weight is 329 g/mol. The SMILES string of the molecule is CCCCOC(=O)[C@@H](F)ON1C(=O)N2C[C@H]1C=C(C)[C@H]2C(N)=O. The van der Waals surface area contributed by atoms with Crippen LogP contribution in [0, 0.1) is 0 Å². The smallest absolute Gasteiger partial charge is 0.371 e. The van der Waals surface area contributed by atoms with Crippen LogP contribution in [0.25, 0.3) is 0 Å². The second kappa shape index (κ2) is 6.95. The number of urea groups is 1. The summed E-state index contributed by atoms with van der Waals surface area (Å²) in [6.45, 7) is 3.78. The van der Waals surface area contributed by atoms with Gasteiger partial charge in [0.25, 0.3) is 0 Å². The molecule has 8 nitrogen and oxygen atoms in total. The number of alkyl halides is 1. The van der Waals surface area contributed by atoms with E-state index in [0.717, 1.165) is 11.5 Å². The number of rotatable bonds is 7. The van der Waals surface area contributed by atoms with Crippen LogP contribution in [0.15, 0.2) is 11.6 Å². The van der Waals surface area contributed by atoms with E-state index in [2.05, 4.69) is 0 Å². The highest BCUT2D eigenvalue weighted by molar-refractivity contribution is 5.90. The molecule has 0 radical (unpaired) electrons. The summed E-state index contributed by atoms with van der Waals surface area (Å²) in [4.78, 5) is 41.2. The lowest BCUT2D eigenvalue weighted by molar-refractivity contribution is -0.223. The number of esters is 1. The lowest BCUT2D eigenvalue weighted by atomic mass is 10.0. The summed E-state index contributed by atoms with van der Waals surface area (Å²) in [5.74, 6) is -1.86. The predicted octanol–water partition coefficient (Wildman–Crippen LogP) is 0.477. The number of fused-ring (bicyclic) bond motifs is 2. The number of unbranched alkanes of at least 4 members (excludes halogenated alkanes) is 1. The fourth-order valence-corrected chi connectivity index (χ4v) is 2.63. The topological polar surface area (TPSA) is 102 Å². The van der Waals surface area contributed by atoms with Gasteiger partial charge in [-0.15, -0.1) is 0 Å². The van der Waals surface area contributed by atoms with Crippen molar-refractivity contribution in [3.8, 4) is 0 Å². The molecule has 3 amide bonds. The van der Waals surface area contributed by atoms with E-state index >= 15 is 0 Å². The van der Waals surface area contributed by atoms with Gasteiger partial charge in [-0.05, 0) is 18.9 Å². The van der Waals surface area contributed by atoms with Crippen LogP contribution in [0.5, 0.6) is 0 Å². The fraction of sp³-hybridized carbons (Fsp3) is 0.643. The van der Waals surface area contributed by atoms with E-state index in [4.69, 9.17) is 15.3 Å². The van der Waals surface area contributed by atoms with Crippen LogP contribution < -0.4 is 5.73 Å². The third-order valence-corrected chi connectivity index (χ3v) is 3.72. The molecule has 0 aromatic carbocycles. The Balaban J connectivity index is 2.01. The van der Waals surface area contributed by atoms with Crippen LogP contribution in [0.2, 0.25) is 0 Å². The summed E-state index contributed by atoms with van der Waals surface area (Å²) in [5.41, 5.74) is 5.86. The quantitative estimate of drug-likeness (QED) is 0.416. The first kappa shape index (κ1) is 17.2. The number of nitrogens with two attached hydrogens (primary N) is 1. The van der Waals surface area contributed by atoms with E-state index in [9.17, 15) is 18.8 Å². The molecule has 128 valence electrons. The van der Waals surface area contributed by atoms with Gasteiger partial charge in [-0.1, -0.05) is 19.4 Å². The summed E-state index contributed by atoms with van der Waals surface area (Å²) in [5, 5.41) is 0.748. The normalized spacial score (nSPS) is 24.5. The Hall–Kier alpha value is -2.16. The molecule has 9 heteroatoms. The number of hydrogen-bond acceptors (Lipinski definition) is 5. The first-order valence-corrected chi connectivity index (χ1v) is 7.41. The van der Waals surface area contributed by atoms with Crippen LogP contribution in [-0.2, 0) is 19.2 Å². The van der Waals surface area contributed by atoms with Gasteiger partial charge >= 0.3 is 18.4 Å². The van der Waals surface area contributed by atoms with E-state index in [1.165, 1.54) is 4.90 Å². The van der Waals surface area contributed by atoms with E-state index in [0.29, 0.717) is 12.0 Å². The number of primary amides is 1. The Morgan fingerprint density at radius 2 is 2.22 bits per heavy atom. The van der Waals surface area contributed by atoms with Gasteiger partial charge in [-0.2, -0.15) is 5.06 Å². The molecule has 2 aliphatic heterocycles. The van der Waals surface area contributed by atoms with Crippen LogP contribution in [0.4, 0.5) is 9.18 Å². The molecule has 2 bridgehead atoms. The molecular weight excluding hydrogens is 309 g/mol. The van der Waals surface area contributed by atoms with Crippen molar-refractivity contribution in [3.05, 3.63) is 11.6 Å². The van der Waals surface area contributed by atoms with Gasteiger partial charge in [0.15, 0.2) is 0 Å². The number of carbonyl (C=O) groups excluding carboxylic acids is 3. The first-order chi connectivity index (χ1) is 10.9. The highest BCUT2D eigenvalue weighted by Gasteiger charge is 2.48. The number of hydrogen-bond donors (Lipinski definition) is 1. The van der Waals surface area contributed by atoms with Gasteiger partial charge in [0.05, 0.1) is 19.2 Å². The Kier molecular flexibility index (Phi) is 5.19. The maximum atomic E-state index is 13.8. The van der Waals surface area contributed by atoms with Gasteiger partial charge in [-0.3, -0.25) is 4.79 Å². The molecule has 23 heavy (non-hydrogen) atoms. The largest absolute Gasteiger partial charge is 0.462 e. The standard InChI is InChI=1S/C14H20FN3O5/c1-3-4-5-22-13(20)11(15)23-18-9-6-8(2)10(12(16)19)17(7-9)14(18)21/h6,9-11H,3-5,7H2,1-2H3,(H2,16,19)/t9-,10+,11+/m1/s1. The molecule has 2 heterocycles. The molecule has 0 aliphatic carbocycles. The summed E-state index contributed by atoms with van der Waals surface area (Å²) in [6, 6.07) is -2.18. The number of amides is 3. The lowest BCUT2D eigenvalue weighted by Gasteiger charge is -2.27. The van der Waals surface area contributed by atoms with Crippen molar-refractivity contribution in [1.82, 2.24) is 9.96 Å². The maximum Gasteiger partial charge on any atom is 0.371 e.